The minimum atomic E-state index is -1.35. The number of hydrogen-bond donors (Lipinski definition) is 0. The molecule has 0 bridgehead atoms. The number of benzene rings is 1. The summed E-state index contributed by atoms with van der Waals surface area (Å²) in [5, 5.41) is 0. The molecule has 1 aromatic rings. The van der Waals surface area contributed by atoms with Gasteiger partial charge in [0.1, 0.15) is 0 Å². The first-order valence-electron chi connectivity index (χ1n) is 11.2. The Morgan fingerprint density at radius 3 is 1.63 bits per heavy atom. The summed E-state index contributed by atoms with van der Waals surface area (Å²) >= 11 is 0. The zero-order chi connectivity index (χ0) is 19.2. The third kappa shape index (κ3) is 5.74. The number of rotatable bonds is 7. The molecule has 3 rings (SSSR count). The highest BCUT2D eigenvalue weighted by molar-refractivity contribution is 5.23. The van der Waals surface area contributed by atoms with Crippen LogP contribution in [0.5, 0.6) is 0 Å². The first-order chi connectivity index (χ1) is 13.1. The summed E-state index contributed by atoms with van der Waals surface area (Å²) in [6.07, 6.45) is 16.7. The van der Waals surface area contributed by atoms with Gasteiger partial charge in [0.2, 0.25) is 0 Å². The molecule has 3 heteroatoms. The smallest absolute Gasteiger partial charge is 0.194 e. The summed E-state index contributed by atoms with van der Waals surface area (Å²) in [5.74, 6) is -0.622. The zero-order valence-electron chi connectivity index (χ0n) is 16.8. The Hall–Kier alpha value is -0.990. The maximum Gasteiger partial charge on any atom is 0.194 e. The summed E-state index contributed by atoms with van der Waals surface area (Å²) in [5.41, 5.74) is 0.634. The van der Waals surface area contributed by atoms with E-state index >= 15 is 0 Å². The molecular weight excluding hydrogens is 345 g/mol. The standard InChI is InChI=1S/C24H35F3/c1-2-3-4-17-5-7-18(8-6-17)9-10-19-11-13-20(14-12-19)21-15-22(25)24(27)23(26)16-21/h15-20H,2-14H2,1H3/t17-,18-,19?,20?. The van der Waals surface area contributed by atoms with Gasteiger partial charge in [-0.05, 0) is 67.1 Å². The average Bonchev–Trinajstić information content (AvgIpc) is 2.69. The molecule has 152 valence electrons. The van der Waals surface area contributed by atoms with E-state index in [9.17, 15) is 13.2 Å². The fourth-order valence-corrected chi connectivity index (χ4v) is 5.37. The van der Waals surface area contributed by atoms with E-state index in [0.717, 1.165) is 43.4 Å². The van der Waals surface area contributed by atoms with Crippen molar-refractivity contribution in [2.75, 3.05) is 0 Å². The molecule has 0 spiro atoms. The molecule has 0 radical (unpaired) electrons. The van der Waals surface area contributed by atoms with Crippen LogP contribution in [0.15, 0.2) is 12.1 Å². The average molecular weight is 381 g/mol. The maximum absolute atomic E-state index is 13.5. The number of hydrogen-bond acceptors (Lipinski definition) is 0. The summed E-state index contributed by atoms with van der Waals surface area (Å²) in [6, 6.07) is 2.39. The highest BCUT2D eigenvalue weighted by atomic mass is 19.2. The topological polar surface area (TPSA) is 0 Å². The van der Waals surface area contributed by atoms with Crippen LogP contribution < -0.4 is 0 Å². The monoisotopic (exact) mass is 380 g/mol. The van der Waals surface area contributed by atoms with E-state index in [-0.39, 0.29) is 5.92 Å². The van der Waals surface area contributed by atoms with Crippen molar-refractivity contribution in [2.24, 2.45) is 17.8 Å². The Bertz CT molecular complexity index is 558. The van der Waals surface area contributed by atoms with Crippen molar-refractivity contribution in [1.29, 1.82) is 0 Å². The second kappa shape index (κ2) is 9.98. The van der Waals surface area contributed by atoms with Gasteiger partial charge in [0.05, 0.1) is 0 Å². The lowest BCUT2D eigenvalue weighted by molar-refractivity contribution is 0.222. The molecule has 0 N–H and O–H groups in total. The molecule has 2 aliphatic rings. The third-order valence-corrected chi connectivity index (χ3v) is 7.24. The lowest BCUT2D eigenvalue weighted by atomic mass is 9.74. The van der Waals surface area contributed by atoms with E-state index in [1.807, 2.05) is 0 Å². The molecule has 1 aromatic carbocycles. The van der Waals surface area contributed by atoms with Crippen molar-refractivity contribution in [3.8, 4) is 0 Å². The summed E-state index contributed by atoms with van der Waals surface area (Å²) in [6.45, 7) is 2.28. The summed E-state index contributed by atoms with van der Waals surface area (Å²) in [4.78, 5) is 0. The second-order valence-electron chi connectivity index (χ2n) is 9.12. The van der Waals surface area contributed by atoms with Gasteiger partial charge in [-0.1, -0.05) is 64.7 Å². The van der Waals surface area contributed by atoms with E-state index in [0.29, 0.717) is 5.56 Å². The second-order valence-corrected chi connectivity index (χ2v) is 9.12. The van der Waals surface area contributed by atoms with E-state index in [1.54, 1.807) is 0 Å². The van der Waals surface area contributed by atoms with Gasteiger partial charge in [0.25, 0.3) is 0 Å². The van der Waals surface area contributed by atoms with E-state index in [2.05, 4.69) is 6.92 Å². The Morgan fingerprint density at radius 2 is 1.15 bits per heavy atom. The number of unbranched alkanes of at least 4 members (excludes halogenated alkanes) is 1. The minimum Gasteiger partial charge on any atom is -0.204 e. The summed E-state index contributed by atoms with van der Waals surface area (Å²) in [7, 11) is 0. The predicted molar refractivity (Wildman–Crippen MR) is 105 cm³/mol. The van der Waals surface area contributed by atoms with Crippen molar-refractivity contribution in [3.63, 3.8) is 0 Å². The van der Waals surface area contributed by atoms with Crippen molar-refractivity contribution >= 4 is 0 Å². The molecule has 0 aromatic heterocycles. The lowest BCUT2D eigenvalue weighted by Crippen LogP contribution is -2.18. The van der Waals surface area contributed by atoms with Crippen LogP contribution in [0, 0.1) is 35.2 Å². The molecule has 0 saturated heterocycles. The van der Waals surface area contributed by atoms with Gasteiger partial charge in [-0.3, -0.25) is 0 Å². The highest BCUT2D eigenvalue weighted by Gasteiger charge is 2.26. The van der Waals surface area contributed by atoms with Crippen LogP contribution in [0.4, 0.5) is 13.2 Å². The predicted octanol–water partition coefficient (Wildman–Crippen LogP) is 8.15. The van der Waals surface area contributed by atoms with Crippen LogP contribution in [0.3, 0.4) is 0 Å². The van der Waals surface area contributed by atoms with E-state index < -0.39 is 17.5 Å². The van der Waals surface area contributed by atoms with Crippen molar-refractivity contribution in [1.82, 2.24) is 0 Å². The Balaban J connectivity index is 1.38. The van der Waals surface area contributed by atoms with Gasteiger partial charge >= 0.3 is 0 Å². The van der Waals surface area contributed by atoms with Crippen LogP contribution in [-0.4, -0.2) is 0 Å². The Labute approximate surface area is 162 Å². The first-order valence-corrected chi connectivity index (χ1v) is 11.2. The Kier molecular flexibility index (Phi) is 7.66. The molecule has 2 fully saturated rings. The molecule has 0 heterocycles. The Morgan fingerprint density at radius 1 is 0.704 bits per heavy atom. The molecule has 0 aliphatic heterocycles. The zero-order valence-corrected chi connectivity index (χ0v) is 16.8. The molecule has 27 heavy (non-hydrogen) atoms. The largest absolute Gasteiger partial charge is 0.204 e. The molecule has 0 amide bonds. The summed E-state index contributed by atoms with van der Waals surface area (Å²) < 4.78 is 40.1. The van der Waals surface area contributed by atoms with Crippen molar-refractivity contribution in [3.05, 3.63) is 35.1 Å². The number of halogens is 3. The molecule has 2 saturated carbocycles. The molecule has 0 nitrogen and oxygen atoms in total. The lowest BCUT2D eigenvalue weighted by Gasteiger charge is -2.32. The van der Waals surface area contributed by atoms with Crippen LogP contribution in [0.2, 0.25) is 0 Å². The normalized spacial score (nSPS) is 29.0. The fraction of sp³-hybridized carbons (Fsp3) is 0.750. The molecule has 0 unspecified atom stereocenters. The third-order valence-electron chi connectivity index (χ3n) is 7.24. The SMILES string of the molecule is CCCC[C@H]1CC[C@H](CCC2CCC(c3cc(F)c(F)c(F)c3)CC2)CC1. The van der Waals surface area contributed by atoms with Gasteiger partial charge in [-0.2, -0.15) is 0 Å². The van der Waals surface area contributed by atoms with Crippen LogP contribution in [0.25, 0.3) is 0 Å². The van der Waals surface area contributed by atoms with Crippen LogP contribution in [0.1, 0.15) is 102 Å². The van der Waals surface area contributed by atoms with Crippen molar-refractivity contribution < 1.29 is 13.2 Å². The van der Waals surface area contributed by atoms with Gasteiger partial charge in [0.15, 0.2) is 17.5 Å². The van der Waals surface area contributed by atoms with Crippen LogP contribution in [-0.2, 0) is 0 Å². The van der Waals surface area contributed by atoms with E-state index in [4.69, 9.17) is 0 Å². The van der Waals surface area contributed by atoms with Gasteiger partial charge in [0, 0.05) is 0 Å². The van der Waals surface area contributed by atoms with Crippen molar-refractivity contribution in [2.45, 2.75) is 96.3 Å². The van der Waals surface area contributed by atoms with Gasteiger partial charge in [-0.15, -0.1) is 0 Å². The maximum atomic E-state index is 13.5. The van der Waals surface area contributed by atoms with E-state index in [1.165, 1.54) is 69.9 Å². The van der Waals surface area contributed by atoms with Gasteiger partial charge in [-0.25, -0.2) is 13.2 Å². The van der Waals surface area contributed by atoms with Gasteiger partial charge < -0.3 is 0 Å². The van der Waals surface area contributed by atoms with Crippen LogP contribution >= 0.6 is 0 Å². The molecule has 0 atom stereocenters. The quantitative estimate of drug-likeness (QED) is 0.419. The minimum absolute atomic E-state index is 0.180. The molecule has 2 aliphatic carbocycles. The molecular formula is C24H35F3. The highest BCUT2D eigenvalue weighted by Crippen LogP contribution is 2.40. The fourth-order valence-electron chi connectivity index (χ4n) is 5.37. The first kappa shape index (κ1) is 20.7.